The topological polar surface area (TPSA) is 0 Å². The highest BCUT2D eigenvalue weighted by Crippen LogP contribution is 2.12. The number of halogens is 1. The average molecular weight is 244 g/mol. The molecule has 0 heterocycles. The first kappa shape index (κ1) is 19.0. The summed E-state index contributed by atoms with van der Waals surface area (Å²) < 4.78 is 0. The number of unbranched alkanes of at least 4 members (excludes halogenated alkanes) is 12. The van der Waals surface area contributed by atoms with Crippen LogP contribution < -0.4 is 0 Å². The maximum Gasteiger partial charge on any atom is -0.0353 e. The van der Waals surface area contributed by atoms with Gasteiger partial charge in [0.05, 0.1) is 0 Å². The van der Waals surface area contributed by atoms with Crippen molar-refractivity contribution >= 4 is 0 Å². The van der Waals surface area contributed by atoms with Crippen LogP contribution in [-0.4, -0.2) is 0 Å². The standard InChI is InChI=1S/C16H32.FH/c1-3-5-7-9-11-13-15-16-14-12-10-8-6-4-2;/h3H,1,4-16H2,2H3;1H. The first-order chi connectivity index (χ1) is 7.91. The fourth-order valence-corrected chi connectivity index (χ4v) is 2.13. The van der Waals surface area contributed by atoms with Crippen LogP contribution in [0.1, 0.15) is 90.4 Å². The van der Waals surface area contributed by atoms with Crippen molar-refractivity contribution in [1.82, 2.24) is 0 Å². The van der Waals surface area contributed by atoms with Crippen molar-refractivity contribution in [3.63, 3.8) is 0 Å². The second kappa shape index (κ2) is 18.0. The molecular weight excluding hydrogens is 211 g/mol. The summed E-state index contributed by atoms with van der Waals surface area (Å²) in [7, 11) is 0. The van der Waals surface area contributed by atoms with Crippen molar-refractivity contribution in [2.24, 2.45) is 0 Å². The Bertz CT molecular complexity index is 131. The maximum atomic E-state index is 3.75. The third kappa shape index (κ3) is 18.2. The smallest absolute Gasteiger partial charge is 0.0353 e. The van der Waals surface area contributed by atoms with Gasteiger partial charge in [-0.05, 0) is 12.8 Å². The number of hydrogen-bond donors (Lipinski definition) is 0. The lowest BCUT2D eigenvalue weighted by Crippen LogP contribution is -1.82. The van der Waals surface area contributed by atoms with E-state index in [1.807, 2.05) is 6.08 Å². The molecule has 0 aliphatic rings. The molecule has 0 amide bonds. The van der Waals surface area contributed by atoms with Crippen molar-refractivity contribution in [3.05, 3.63) is 12.7 Å². The Morgan fingerprint density at radius 3 is 1.35 bits per heavy atom. The van der Waals surface area contributed by atoms with Gasteiger partial charge in [-0.2, -0.15) is 0 Å². The molecule has 0 aliphatic heterocycles. The molecule has 0 aliphatic carbocycles. The van der Waals surface area contributed by atoms with Gasteiger partial charge in [-0.25, -0.2) is 0 Å². The molecule has 0 saturated carbocycles. The molecule has 0 aromatic rings. The van der Waals surface area contributed by atoms with Crippen LogP contribution >= 0.6 is 0 Å². The molecule has 104 valence electrons. The zero-order valence-corrected chi connectivity index (χ0v) is 11.9. The summed E-state index contributed by atoms with van der Waals surface area (Å²) in [4.78, 5) is 0. The summed E-state index contributed by atoms with van der Waals surface area (Å²) in [6.45, 7) is 6.03. The molecule has 1 heteroatoms. The number of rotatable bonds is 13. The van der Waals surface area contributed by atoms with Gasteiger partial charge in [0.25, 0.3) is 0 Å². The van der Waals surface area contributed by atoms with E-state index in [2.05, 4.69) is 13.5 Å². The van der Waals surface area contributed by atoms with Crippen LogP contribution in [0.15, 0.2) is 12.7 Å². The Morgan fingerprint density at radius 2 is 1.00 bits per heavy atom. The molecule has 0 bridgehead atoms. The second-order valence-electron chi connectivity index (χ2n) is 4.97. The highest BCUT2D eigenvalue weighted by atomic mass is 19.0. The summed E-state index contributed by atoms with van der Waals surface area (Å²) in [5, 5.41) is 0. The summed E-state index contributed by atoms with van der Waals surface area (Å²) in [5.41, 5.74) is 0. The Labute approximate surface area is 108 Å². The molecule has 0 saturated heterocycles. The lowest BCUT2D eigenvalue weighted by atomic mass is 10.0. The highest BCUT2D eigenvalue weighted by Gasteiger charge is 1.92. The van der Waals surface area contributed by atoms with E-state index in [9.17, 15) is 0 Å². The molecule has 0 atom stereocenters. The highest BCUT2D eigenvalue weighted by molar-refractivity contribution is 4.65. The van der Waals surface area contributed by atoms with Gasteiger partial charge >= 0.3 is 0 Å². The fourth-order valence-electron chi connectivity index (χ4n) is 2.13. The summed E-state index contributed by atoms with van der Waals surface area (Å²) in [6, 6.07) is 0. The summed E-state index contributed by atoms with van der Waals surface area (Å²) in [6.07, 6.45) is 20.5. The molecule has 0 unspecified atom stereocenters. The van der Waals surface area contributed by atoms with Gasteiger partial charge in [-0.3, -0.25) is 4.70 Å². The van der Waals surface area contributed by atoms with Crippen LogP contribution in [0.25, 0.3) is 0 Å². The van der Waals surface area contributed by atoms with Crippen molar-refractivity contribution in [1.29, 1.82) is 0 Å². The van der Waals surface area contributed by atoms with Crippen LogP contribution in [-0.2, 0) is 0 Å². The first-order valence-electron chi connectivity index (χ1n) is 7.52. The molecule has 0 spiro atoms. The Balaban J connectivity index is 0. The van der Waals surface area contributed by atoms with Gasteiger partial charge < -0.3 is 0 Å². The van der Waals surface area contributed by atoms with E-state index >= 15 is 0 Å². The van der Waals surface area contributed by atoms with E-state index in [1.165, 1.54) is 83.5 Å². The number of allylic oxidation sites excluding steroid dienone is 1. The lowest BCUT2D eigenvalue weighted by Gasteiger charge is -2.02. The third-order valence-electron chi connectivity index (χ3n) is 3.26. The molecule has 0 nitrogen and oxygen atoms in total. The molecule has 0 N–H and O–H groups in total. The van der Waals surface area contributed by atoms with Crippen molar-refractivity contribution in [2.45, 2.75) is 90.4 Å². The Morgan fingerprint density at radius 1 is 0.647 bits per heavy atom. The van der Waals surface area contributed by atoms with Crippen molar-refractivity contribution in [3.8, 4) is 0 Å². The summed E-state index contributed by atoms with van der Waals surface area (Å²) >= 11 is 0. The van der Waals surface area contributed by atoms with E-state index in [0.717, 1.165) is 0 Å². The monoisotopic (exact) mass is 244 g/mol. The van der Waals surface area contributed by atoms with Gasteiger partial charge in [-0.15, -0.1) is 6.58 Å². The Kier molecular flexibility index (Phi) is 20.2. The van der Waals surface area contributed by atoms with Gasteiger partial charge in [0.1, 0.15) is 0 Å². The molecule has 0 radical (unpaired) electrons. The molecule has 0 aromatic heterocycles. The fraction of sp³-hybridized carbons (Fsp3) is 0.875. The minimum atomic E-state index is 0. The largest absolute Gasteiger partial charge is 0.269 e. The van der Waals surface area contributed by atoms with E-state index in [0.29, 0.717) is 0 Å². The molecule has 0 aromatic carbocycles. The van der Waals surface area contributed by atoms with Crippen molar-refractivity contribution in [2.75, 3.05) is 0 Å². The predicted molar refractivity (Wildman–Crippen MR) is 78.4 cm³/mol. The van der Waals surface area contributed by atoms with Gasteiger partial charge in [-0.1, -0.05) is 83.6 Å². The van der Waals surface area contributed by atoms with Crippen LogP contribution in [0.4, 0.5) is 4.70 Å². The van der Waals surface area contributed by atoms with Gasteiger partial charge in [0.2, 0.25) is 0 Å². The van der Waals surface area contributed by atoms with Crippen LogP contribution in [0.5, 0.6) is 0 Å². The van der Waals surface area contributed by atoms with Crippen LogP contribution in [0.2, 0.25) is 0 Å². The first-order valence-corrected chi connectivity index (χ1v) is 7.52. The minimum absolute atomic E-state index is 0. The van der Waals surface area contributed by atoms with E-state index in [4.69, 9.17) is 0 Å². The van der Waals surface area contributed by atoms with E-state index < -0.39 is 0 Å². The molecule has 17 heavy (non-hydrogen) atoms. The van der Waals surface area contributed by atoms with Crippen LogP contribution in [0, 0.1) is 0 Å². The molecular formula is C16H33F. The molecule has 0 rings (SSSR count). The summed E-state index contributed by atoms with van der Waals surface area (Å²) in [5.74, 6) is 0. The number of hydrogen-bond acceptors (Lipinski definition) is 0. The normalized spacial score (nSPS) is 9.94. The quantitative estimate of drug-likeness (QED) is 0.259. The van der Waals surface area contributed by atoms with Crippen LogP contribution in [0.3, 0.4) is 0 Å². The van der Waals surface area contributed by atoms with Gasteiger partial charge in [0.15, 0.2) is 0 Å². The maximum absolute atomic E-state index is 3.75. The third-order valence-corrected chi connectivity index (χ3v) is 3.26. The average Bonchev–Trinajstić information content (AvgIpc) is 2.31. The van der Waals surface area contributed by atoms with Gasteiger partial charge in [0, 0.05) is 0 Å². The predicted octanol–water partition coefficient (Wildman–Crippen LogP) is 6.42. The molecule has 0 fully saturated rings. The minimum Gasteiger partial charge on any atom is -0.269 e. The Hall–Kier alpha value is -0.330. The van der Waals surface area contributed by atoms with E-state index in [1.54, 1.807) is 0 Å². The lowest BCUT2D eigenvalue weighted by molar-refractivity contribution is 0.545. The zero-order valence-electron chi connectivity index (χ0n) is 11.9. The van der Waals surface area contributed by atoms with E-state index in [-0.39, 0.29) is 4.70 Å². The zero-order chi connectivity index (χ0) is 11.9. The second-order valence-corrected chi connectivity index (χ2v) is 4.97. The SMILES string of the molecule is C=CCCCCCCCCCCCCCC.F. The van der Waals surface area contributed by atoms with Crippen molar-refractivity contribution < 1.29 is 4.70 Å².